The number of likely N-dealkylation sites (tertiary alicyclic amines) is 1. The summed E-state index contributed by atoms with van der Waals surface area (Å²) in [4.78, 5) is 56.5. The number of carbonyl (C=O) groups excluding carboxylic acids is 3. The van der Waals surface area contributed by atoms with Crippen molar-refractivity contribution in [3.8, 4) is 0 Å². The third-order valence-corrected chi connectivity index (χ3v) is 18.2. The van der Waals surface area contributed by atoms with Crippen molar-refractivity contribution in [1.82, 2.24) is 4.90 Å². The number of ketones is 1. The quantitative estimate of drug-likeness (QED) is 0.263. The molecule has 296 valence electrons. The summed E-state index contributed by atoms with van der Waals surface area (Å²) in [5, 5.41) is 20.8. The zero-order chi connectivity index (χ0) is 39.1. The van der Waals surface area contributed by atoms with Crippen molar-refractivity contribution in [3.63, 3.8) is 0 Å². The molecule has 6 aliphatic carbocycles. The lowest BCUT2D eigenvalue weighted by molar-refractivity contribution is -0.236. The molecule has 0 aromatic rings. The number of esters is 1. The van der Waals surface area contributed by atoms with Gasteiger partial charge in [0.15, 0.2) is 5.78 Å². The van der Waals surface area contributed by atoms with Crippen LogP contribution < -0.4 is 0 Å². The van der Waals surface area contributed by atoms with Gasteiger partial charge >= 0.3 is 11.9 Å². The molecule has 6 fully saturated rings. The van der Waals surface area contributed by atoms with E-state index in [4.69, 9.17) is 4.74 Å². The number of aliphatic carboxylic acids is 1. The average Bonchev–Trinajstić information content (AvgIpc) is 3.65. The molecule has 0 aromatic heterocycles. The second-order valence-corrected chi connectivity index (χ2v) is 21.9. The lowest BCUT2D eigenvalue weighted by Crippen LogP contribution is -2.66. The molecule has 1 saturated heterocycles. The van der Waals surface area contributed by atoms with Gasteiger partial charge in [0.2, 0.25) is 5.91 Å². The molecular weight excluding hydrogens is 666 g/mol. The van der Waals surface area contributed by atoms with E-state index in [1.54, 1.807) is 0 Å². The number of hydrogen-bond acceptors (Lipinski definition) is 6. The molecule has 8 nitrogen and oxygen atoms in total. The fraction of sp³-hybridized carbons (Fsp3) is 0.867. The van der Waals surface area contributed by atoms with E-state index in [0.717, 1.165) is 63.4 Å². The molecule has 0 aromatic carbocycles. The highest BCUT2D eigenvalue weighted by molar-refractivity contribution is 6.07. The Morgan fingerprint density at radius 3 is 2.11 bits per heavy atom. The predicted molar refractivity (Wildman–Crippen MR) is 203 cm³/mol. The van der Waals surface area contributed by atoms with Crippen molar-refractivity contribution in [2.24, 2.45) is 68.0 Å². The number of rotatable bonds is 6. The topological polar surface area (TPSA) is 121 Å². The van der Waals surface area contributed by atoms with Crippen LogP contribution in [0.3, 0.4) is 0 Å². The van der Waals surface area contributed by atoms with Crippen molar-refractivity contribution in [2.45, 2.75) is 171 Å². The highest BCUT2D eigenvalue weighted by atomic mass is 16.5. The molecule has 7 aliphatic rings. The fourth-order valence-electron chi connectivity index (χ4n) is 15.0. The molecule has 1 heterocycles. The number of carboxylic acid groups (broad SMARTS) is 1. The summed E-state index contributed by atoms with van der Waals surface area (Å²) in [7, 11) is 0. The second kappa shape index (κ2) is 12.1. The van der Waals surface area contributed by atoms with E-state index in [-0.39, 0.29) is 75.6 Å². The van der Waals surface area contributed by atoms with E-state index >= 15 is 4.79 Å². The number of nitrogens with zero attached hydrogens (tertiary/aromatic N) is 1. The standard InChI is InChI=1S/C45H69NO7/c1-25(2)34-29(47)24-45(38(51)46-22-12-13-32(46)41(7,8)52)21-20-43(10)26(35(34)45)14-15-31-42(9)18-17-33(40(5,6)30(42)16-19-44(31,43)11)53-37(50)28-23-27(36(48)49)39(28,3)4/h25-28,30-33,52H,12-24H2,1-11H3,(H,48,49)/t26-,27+,28-,30?,31?,32+,33+,42+,43-,44-,45-/m1/s1. The number of Topliss-reactive ketones (excluding diaryl/α,β-unsaturated/α-hetero) is 1. The first kappa shape index (κ1) is 39.0. The van der Waals surface area contributed by atoms with Crippen LogP contribution in [0.2, 0.25) is 0 Å². The van der Waals surface area contributed by atoms with Crippen LogP contribution in [0.5, 0.6) is 0 Å². The minimum absolute atomic E-state index is 0.0156. The van der Waals surface area contributed by atoms with Gasteiger partial charge in [-0.15, -0.1) is 0 Å². The van der Waals surface area contributed by atoms with Gasteiger partial charge in [-0.1, -0.05) is 62.3 Å². The van der Waals surface area contributed by atoms with Crippen LogP contribution in [0.1, 0.15) is 153 Å². The van der Waals surface area contributed by atoms with Gasteiger partial charge in [-0.25, -0.2) is 0 Å². The van der Waals surface area contributed by atoms with Gasteiger partial charge < -0.3 is 19.8 Å². The summed E-state index contributed by atoms with van der Waals surface area (Å²) < 4.78 is 6.41. The van der Waals surface area contributed by atoms with Crippen molar-refractivity contribution in [1.29, 1.82) is 0 Å². The minimum atomic E-state index is -0.999. The summed E-state index contributed by atoms with van der Waals surface area (Å²) >= 11 is 0. The second-order valence-electron chi connectivity index (χ2n) is 21.9. The lowest BCUT2D eigenvalue weighted by Gasteiger charge is -2.72. The third-order valence-electron chi connectivity index (χ3n) is 18.2. The van der Waals surface area contributed by atoms with E-state index in [1.807, 2.05) is 32.6 Å². The first-order chi connectivity index (χ1) is 24.4. The Kier molecular flexibility index (Phi) is 8.94. The number of ether oxygens (including phenoxy) is 1. The number of amides is 1. The summed E-state index contributed by atoms with van der Waals surface area (Å²) in [5.74, 6) is -0.662. The van der Waals surface area contributed by atoms with E-state index < -0.39 is 28.3 Å². The highest BCUT2D eigenvalue weighted by Crippen LogP contribution is 2.77. The van der Waals surface area contributed by atoms with Crippen molar-refractivity contribution >= 4 is 23.6 Å². The van der Waals surface area contributed by atoms with Crippen LogP contribution in [0.25, 0.3) is 0 Å². The molecule has 2 N–H and O–H groups in total. The summed E-state index contributed by atoms with van der Waals surface area (Å²) in [5.41, 5.74) is -0.553. The zero-order valence-corrected chi connectivity index (χ0v) is 34.7. The maximum absolute atomic E-state index is 15.0. The maximum Gasteiger partial charge on any atom is 0.309 e. The van der Waals surface area contributed by atoms with Gasteiger partial charge in [-0.3, -0.25) is 19.2 Å². The molecule has 11 atom stereocenters. The molecule has 1 amide bonds. The van der Waals surface area contributed by atoms with Gasteiger partial charge in [0.05, 0.1) is 28.9 Å². The van der Waals surface area contributed by atoms with Gasteiger partial charge in [0.25, 0.3) is 0 Å². The van der Waals surface area contributed by atoms with Crippen LogP contribution >= 0.6 is 0 Å². The number of carboxylic acids is 1. The maximum atomic E-state index is 15.0. The smallest absolute Gasteiger partial charge is 0.309 e. The summed E-state index contributed by atoms with van der Waals surface area (Å²) in [6.07, 6.45) is 9.63. The lowest BCUT2D eigenvalue weighted by atomic mass is 9.33. The molecule has 1 aliphatic heterocycles. The van der Waals surface area contributed by atoms with Crippen LogP contribution in [0.15, 0.2) is 11.1 Å². The average molecular weight is 736 g/mol. The van der Waals surface area contributed by atoms with Gasteiger partial charge in [0.1, 0.15) is 6.10 Å². The largest absolute Gasteiger partial charge is 0.481 e. The van der Waals surface area contributed by atoms with Crippen LogP contribution in [0.4, 0.5) is 0 Å². The predicted octanol–water partition coefficient (Wildman–Crippen LogP) is 8.39. The van der Waals surface area contributed by atoms with E-state index in [9.17, 15) is 24.6 Å². The number of hydrogen-bond donors (Lipinski definition) is 2. The van der Waals surface area contributed by atoms with Crippen molar-refractivity contribution in [3.05, 3.63) is 11.1 Å². The van der Waals surface area contributed by atoms with Gasteiger partial charge in [-0.05, 0) is 141 Å². The zero-order valence-electron chi connectivity index (χ0n) is 34.7. The molecule has 8 heteroatoms. The fourth-order valence-corrected chi connectivity index (χ4v) is 15.0. The Balaban J connectivity index is 1.18. The summed E-state index contributed by atoms with van der Waals surface area (Å²) in [6.45, 7) is 24.5. The number of fused-ring (bicyclic) bond motifs is 7. The Hall–Kier alpha value is -2.22. The highest BCUT2D eigenvalue weighted by Gasteiger charge is 2.71. The molecule has 7 rings (SSSR count). The van der Waals surface area contributed by atoms with E-state index in [2.05, 4.69) is 48.5 Å². The minimum Gasteiger partial charge on any atom is -0.481 e. The van der Waals surface area contributed by atoms with Gasteiger partial charge in [-0.2, -0.15) is 0 Å². The Morgan fingerprint density at radius 2 is 1.51 bits per heavy atom. The van der Waals surface area contributed by atoms with Gasteiger partial charge in [0, 0.05) is 18.4 Å². The van der Waals surface area contributed by atoms with Crippen LogP contribution in [-0.2, 0) is 23.9 Å². The number of aliphatic hydroxyl groups is 1. The molecule has 0 bridgehead atoms. The van der Waals surface area contributed by atoms with E-state index in [1.165, 1.54) is 5.57 Å². The SMILES string of the molecule is CC(C)C1=C2[C@H]3CCC4[C@@]5(C)CC[C@H](OC(=O)[C@H]6C[C@@H](C(=O)O)C6(C)C)C(C)(C)C5CC[C@@]4(C)[C@]3(C)CC[C@@]2(C(=O)N2CCC[C@H]2C(C)(C)O)CC1=O. The molecule has 0 radical (unpaired) electrons. The third kappa shape index (κ3) is 5.20. The Labute approximate surface area is 318 Å². The first-order valence-corrected chi connectivity index (χ1v) is 21.1. The molecule has 5 saturated carbocycles. The summed E-state index contributed by atoms with van der Waals surface area (Å²) in [6, 6.07) is -0.236. The number of allylic oxidation sites excluding steroid dienone is 1. The van der Waals surface area contributed by atoms with Crippen molar-refractivity contribution in [2.75, 3.05) is 6.54 Å². The monoisotopic (exact) mass is 736 g/mol. The van der Waals surface area contributed by atoms with Crippen LogP contribution in [0, 0.1) is 68.0 Å². The molecule has 0 spiro atoms. The Morgan fingerprint density at radius 1 is 0.830 bits per heavy atom. The van der Waals surface area contributed by atoms with E-state index in [0.29, 0.717) is 31.2 Å². The Bertz CT molecular complexity index is 1620. The first-order valence-electron chi connectivity index (χ1n) is 21.1. The van der Waals surface area contributed by atoms with Crippen molar-refractivity contribution < 1.29 is 34.1 Å². The molecule has 53 heavy (non-hydrogen) atoms. The normalized spacial score (nSPS) is 44.4. The van der Waals surface area contributed by atoms with Crippen LogP contribution in [-0.4, -0.2) is 63.0 Å². The number of carbonyl (C=O) groups is 4. The molecular formula is C45H69NO7. The molecule has 2 unspecified atom stereocenters.